The van der Waals surface area contributed by atoms with Crippen molar-refractivity contribution in [2.75, 3.05) is 53.4 Å². The number of hydrogen-bond donors (Lipinski definition) is 1. The standard InChI is InChI=1S/C27H37N5O3/c1-18-15-20-16-24(34-5)25(35-6)17-23(20)26(29-32(18)27(33)28-2)19-7-9-22(10-8-19)31-13-11-21(12-14-31)30(3)4/h7-10,16-18,21H,11-15H2,1-6H3,(H,28,33). The van der Waals surface area contributed by atoms with E-state index in [2.05, 4.69) is 53.5 Å². The number of urea groups is 1. The molecule has 8 nitrogen and oxygen atoms in total. The van der Waals surface area contributed by atoms with Crippen LogP contribution < -0.4 is 19.7 Å². The molecule has 1 N–H and O–H groups in total. The molecule has 0 saturated carbocycles. The van der Waals surface area contributed by atoms with Crippen molar-refractivity contribution in [1.29, 1.82) is 0 Å². The number of carbonyl (C=O) groups excluding carboxylic acids is 1. The van der Waals surface area contributed by atoms with E-state index in [0.29, 0.717) is 24.0 Å². The van der Waals surface area contributed by atoms with E-state index in [1.54, 1.807) is 21.3 Å². The van der Waals surface area contributed by atoms with Gasteiger partial charge < -0.3 is 24.6 Å². The molecule has 8 heteroatoms. The van der Waals surface area contributed by atoms with E-state index in [1.165, 1.54) is 10.7 Å². The van der Waals surface area contributed by atoms with E-state index in [4.69, 9.17) is 14.6 Å². The van der Waals surface area contributed by atoms with Crippen LogP contribution in [0.15, 0.2) is 41.5 Å². The molecular weight excluding hydrogens is 442 g/mol. The Hall–Kier alpha value is -3.26. The molecule has 0 aliphatic carbocycles. The zero-order chi connectivity index (χ0) is 25.1. The second-order valence-electron chi connectivity index (χ2n) is 9.49. The van der Waals surface area contributed by atoms with Crippen LogP contribution in [0.1, 0.15) is 36.5 Å². The highest BCUT2D eigenvalue weighted by Crippen LogP contribution is 2.35. The molecule has 1 unspecified atom stereocenters. The fraction of sp³-hybridized carbons (Fsp3) is 0.481. The Morgan fingerprint density at radius 3 is 2.26 bits per heavy atom. The third-order valence-corrected chi connectivity index (χ3v) is 7.13. The zero-order valence-electron chi connectivity index (χ0n) is 21.7. The highest BCUT2D eigenvalue weighted by Gasteiger charge is 2.28. The summed E-state index contributed by atoms with van der Waals surface area (Å²) in [7, 11) is 9.21. The van der Waals surface area contributed by atoms with Gasteiger partial charge >= 0.3 is 6.03 Å². The quantitative estimate of drug-likeness (QED) is 0.710. The molecule has 1 atom stereocenters. The molecule has 2 amide bonds. The van der Waals surface area contributed by atoms with Crippen LogP contribution in [0.25, 0.3) is 0 Å². The minimum atomic E-state index is -0.234. The average Bonchev–Trinajstić information content (AvgIpc) is 3.03. The van der Waals surface area contributed by atoms with Crippen LogP contribution >= 0.6 is 0 Å². The van der Waals surface area contributed by atoms with Crippen molar-refractivity contribution in [2.24, 2.45) is 5.10 Å². The Balaban J connectivity index is 1.71. The minimum Gasteiger partial charge on any atom is -0.493 e. The van der Waals surface area contributed by atoms with Crippen molar-refractivity contribution < 1.29 is 14.3 Å². The van der Waals surface area contributed by atoms with Gasteiger partial charge in [0.2, 0.25) is 0 Å². The molecule has 2 heterocycles. The maximum Gasteiger partial charge on any atom is 0.337 e. The molecule has 0 bridgehead atoms. The summed E-state index contributed by atoms with van der Waals surface area (Å²) in [4.78, 5) is 17.5. The number of nitrogens with zero attached hydrogens (tertiary/aromatic N) is 4. The molecule has 0 spiro atoms. The number of hydrazone groups is 1. The van der Waals surface area contributed by atoms with Gasteiger partial charge in [-0.1, -0.05) is 12.1 Å². The third-order valence-electron chi connectivity index (χ3n) is 7.13. The second-order valence-corrected chi connectivity index (χ2v) is 9.49. The van der Waals surface area contributed by atoms with Crippen LogP contribution in [0.3, 0.4) is 0 Å². The van der Waals surface area contributed by atoms with Crippen LogP contribution in [0.5, 0.6) is 11.5 Å². The number of benzene rings is 2. The Kier molecular flexibility index (Phi) is 7.50. The van der Waals surface area contributed by atoms with Gasteiger partial charge in [-0.05, 0) is 70.1 Å². The lowest BCUT2D eigenvalue weighted by atomic mass is 9.93. The van der Waals surface area contributed by atoms with E-state index < -0.39 is 0 Å². The Bertz CT molecular complexity index is 1070. The summed E-state index contributed by atoms with van der Waals surface area (Å²) in [5.74, 6) is 1.31. The zero-order valence-corrected chi connectivity index (χ0v) is 21.7. The van der Waals surface area contributed by atoms with Gasteiger partial charge in [0, 0.05) is 43.0 Å². The first-order valence-corrected chi connectivity index (χ1v) is 12.2. The first-order valence-electron chi connectivity index (χ1n) is 12.2. The third kappa shape index (κ3) is 5.07. The van der Waals surface area contributed by atoms with E-state index in [9.17, 15) is 4.79 Å². The van der Waals surface area contributed by atoms with E-state index in [1.807, 2.05) is 19.1 Å². The van der Waals surface area contributed by atoms with Crippen molar-refractivity contribution >= 4 is 17.4 Å². The molecule has 2 aliphatic rings. The van der Waals surface area contributed by atoms with Crippen LogP contribution in [0, 0.1) is 0 Å². The number of carbonyl (C=O) groups is 1. The highest BCUT2D eigenvalue weighted by atomic mass is 16.5. The van der Waals surface area contributed by atoms with Crippen LogP contribution in [0.2, 0.25) is 0 Å². The fourth-order valence-corrected chi connectivity index (χ4v) is 5.02. The normalized spacial score (nSPS) is 18.6. The van der Waals surface area contributed by atoms with Crippen LogP contribution in [-0.4, -0.2) is 82.2 Å². The summed E-state index contributed by atoms with van der Waals surface area (Å²) >= 11 is 0. The molecule has 2 aromatic rings. The number of fused-ring (bicyclic) bond motifs is 1. The van der Waals surface area contributed by atoms with Crippen molar-refractivity contribution in [3.63, 3.8) is 0 Å². The predicted molar refractivity (Wildman–Crippen MR) is 140 cm³/mol. The lowest BCUT2D eigenvalue weighted by molar-refractivity contribution is 0.184. The van der Waals surface area contributed by atoms with Crippen molar-refractivity contribution in [1.82, 2.24) is 15.2 Å². The molecule has 1 fully saturated rings. The summed E-state index contributed by atoms with van der Waals surface area (Å²) in [6.45, 7) is 4.10. The average molecular weight is 480 g/mol. The fourth-order valence-electron chi connectivity index (χ4n) is 5.02. The minimum absolute atomic E-state index is 0.124. The number of methoxy groups -OCH3 is 2. The summed E-state index contributed by atoms with van der Waals surface area (Å²) in [6.07, 6.45) is 2.97. The lowest BCUT2D eigenvalue weighted by Gasteiger charge is -2.36. The van der Waals surface area contributed by atoms with E-state index in [-0.39, 0.29) is 12.1 Å². The maximum atomic E-state index is 12.7. The van der Waals surface area contributed by atoms with Gasteiger partial charge in [-0.15, -0.1) is 0 Å². The van der Waals surface area contributed by atoms with Gasteiger partial charge in [0.05, 0.1) is 26.0 Å². The Labute approximate surface area is 208 Å². The van der Waals surface area contributed by atoms with Gasteiger partial charge in [0.1, 0.15) is 0 Å². The number of hydrogen-bond acceptors (Lipinski definition) is 6. The largest absolute Gasteiger partial charge is 0.493 e. The predicted octanol–water partition coefficient (Wildman–Crippen LogP) is 3.57. The smallest absolute Gasteiger partial charge is 0.337 e. The summed E-state index contributed by atoms with van der Waals surface area (Å²) in [6, 6.07) is 12.8. The topological polar surface area (TPSA) is 69.6 Å². The van der Waals surface area contributed by atoms with Gasteiger partial charge in [0.25, 0.3) is 0 Å². The molecular formula is C27H37N5O3. The van der Waals surface area contributed by atoms with E-state index in [0.717, 1.165) is 48.3 Å². The van der Waals surface area contributed by atoms with Crippen molar-refractivity contribution in [3.8, 4) is 11.5 Å². The van der Waals surface area contributed by atoms with Gasteiger partial charge in [-0.2, -0.15) is 5.10 Å². The van der Waals surface area contributed by atoms with E-state index >= 15 is 0 Å². The number of amides is 2. The highest BCUT2D eigenvalue weighted by molar-refractivity contribution is 6.14. The maximum absolute atomic E-state index is 12.7. The summed E-state index contributed by atoms with van der Waals surface area (Å²) in [5, 5.41) is 9.12. The van der Waals surface area contributed by atoms with Crippen LogP contribution in [-0.2, 0) is 6.42 Å². The number of ether oxygens (including phenoxy) is 2. The number of rotatable bonds is 5. The van der Waals surface area contributed by atoms with Gasteiger partial charge in [0.15, 0.2) is 11.5 Å². The molecule has 1 saturated heterocycles. The molecule has 35 heavy (non-hydrogen) atoms. The van der Waals surface area contributed by atoms with Crippen LogP contribution in [0.4, 0.5) is 10.5 Å². The van der Waals surface area contributed by atoms with Gasteiger partial charge in [-0.25, -0.2) is 9.80 Å². The van der Waals surface area contributed by atoms with Gasteiger partial charge in [-0.3, -0.25) is 0 Å². The Morgan fingerprint density at radius 2 is 1.69 bits per heavy atom. The molecule has 2 aromatic carbocycles. The molecule has 2 aliphatic heterocycles. The first kappa shape index (κ1) is 24.9. The number of nitrogens with one attached hydrogen (secondary N) is 1. The summed E-state index contributed by atoms with van der Waals surface area (Å²) < 4.78 is 11.1. The van der Waals surface area contributed by atoms with Crippen molar-refractivity contribution in [3.05, 3.63) is 53.1 Å². The first-order chi connectivity index (χ1) is 16.9. The Morgan fingerprint density at radius 1 is 1.06 bits per heavy atom. The number of anilines is 1. The molecule has 188 valence electrons. The lowest BCUT2D eigenvalue weighted by Crippen LogP contribution is -2.42. The second kappa shape index (κ2) is 10.6. The molecule has 4 rings (SSSR count). The number of piperidine rings is 1. The van der Waals surface area contributed by atoms with Crippen molar-refractivity contribution in [2.45, 2.75) is 38.3 Å². The molecule has 0 aromatic heterocycles. The monoisotopic (exact) mass is 479 g/mol. The summed E-state index contributed by atoms with van der Waals surface area (Å²) in [5.41, 5.74) is 4.92. The molecule has 0 radical (unpaired) electrons. The SMILES string of the molecule is CNC(=O)N1N=C(c2ccc(N3CCC(N(C)C)CC3)cc2)c2cc(OC)c(OC)cc2CC1C.